The van der Waals surface area contributed by atoms with Crippen molar-refractivity contribution in [1.29, 1.82) is 0 Å². The second-order valence-electron chi connectivity index (χ2n) is 9.35. The number of nitrogens with zero attached hydrogens (tertiary/aromatic N) is 1. The van der Waals surface area contributed by atoms with Crippen LogP contribution in [0.1, 0.15) is 31.9 Å². The number of carbonyl (C=O) groups is 3. The lowest BCUT2D eigenvalue weighted by atomic mass is 9.61. The molecular formula is C20H20N2O7. The summed E-state index contributed by atoms with van der Waals surface area (Å²) in [6.07, 6.45) is 0.432. The number of aliphatic hydroxyl groups is 3. The number of hydrogen-bond acceptors (Lipinski definition) is 7. The summed E-state index contributed by atoms with van der Waals surface area (Å²) in [5.41, 5.74) is -6.61. The summed E-state index contributed by atoms with van der Waals surface area (Å²) in [5, 5.41) is 37.4. The van der Waals surface area contributed by atoms with Crippen LogP contribution in [0.25, 0.3) is 0 Å². The highest BCUT2D eigenvalue weighted by Gasteiger charge is 2.95. The number of Topliss-reactive ketones (excluding diaryl/α,β-unsaturated/α-hetero) is 1. The van der Waals surface area contributed by atoms with E-state index < -0.39 is 57.7 Å². The molecule has 1 spiro atoms. The third kappa shape index (κ3) is 1.29. The van der Waals surface area contributed by atoms with Crippen molar-refractivity contribution >= 4 is 23.3 Å². The number of hydrogen-bond donors (Lipinski definition) is 4. The minimum atomic E-state index is -3.03. The number of carbonyl (C=O) groups excluding carboxylic acids is 3. The van der Waals surface area contributed by atoms with Gasteiger partial charge in [0.2, 0.25) is 5.72 Å². The number of rotatable bonds is 1. The Morgan fingerprint density at radius 1 is 1.24 bits per heavy atom. The molecule has 1 aliphatic carbocycles. The molecule has 0 radical (unpaired) electrons. The standard InChI is InChI=1S/C20H20N2O7/c1-8(23)18(26)15(25)22-16(2,3)10-7-9-5-4-6-11-12(9)17(14(24)21-11)13(10)19(22,27)20(18,28)29-17/h4-6,10,13,26-28H,7H2,1-3H3,(H,21,24)/t10-,13-,17+,18-,19+,20-/m1/s1. The molecule has 152 valence electrons. The number of ether oxygens (including phenoxy) is 1. The quantitative estimate of drug-likeness (QED) is 0.443. The largest absolute Gasteiger partial charge is 0.369 e. The highest BCUT2D eigenvalue weighted by molar-refractivity contribution is 6.14. The van der Waals surface area contributed by atoms with Crippen molar-refractivity contribution in [3.63, 3.8) is 0 Å². The number of amides is 2. The Bertz CT molecular complexity index is 1080. The second-order valence-corrected chi connectivity index (χ2v) is 9.35. The topological polar surface area (TPSA) is 136 Å². The Morgan fingerprint density at radius 2 is 1.93 bits per heavy atom. The average molecular weight is 400 g/mol. The molecule has 2 amide bonds. The van der Waals surface area contributed by atoms with E-state index in [0.29, 0.717) is 17.7 Å². The van der Waals surface area contributed by atoms with Gasteiger partial charge >= 0.3 is 0 Å². The molecule has 4 N–H and O–H groups in total. The molecule has 0 bridgehead atoms. The molecule has 6 atom stereocenters. The summed E-state index contributed by atoms with van der Waals surface area (Å²) in [7, 11) is 0. The van der Waals surface area contributed by atoms with Crippen molar-refractivity contribution in [2.75, 3.05) is 5.32 Å². The molecule has 1 aromatic rings. The van der Waals surface area contributed by atoms with Crippen molar-refractivity contribution < 1.29 is 34.4 Å². The molecule has 9 heteroatoms. The van der Waals surface area contributed by atoms with Crippen LogP contribution in [0.5, 0.6) is 0 Å². The van der Waals surface area contributed by atoms with Gasteiger partial charge in [0.25, 0.3) is 23.2 Å². The van der Waals surface area contributed by atoms with E-state index in [0.717, 1.165) is 17.4 Å². The van der Waals surface area contributed by atoms with Crippen molar-refractivity contribution in [3.8, 4) is 0 Å². The average Bonchev–Trinajstić information content (AvgIpc) is 3.15. The Labute approximate surface area is 165 Å². The monoisotopic (exact) mass is 400 g/mol. The molecular weight excluding hydrogens is 380 g/mol. The maximum atomic E-state index is 13.3. The molecule has 6 rings (SSSR count). The van der Waals surface area contributed by atoms with Crippen LogP contribution in [0.4, 0.5) is 5.69 Å². The summed E-state index contributed by atoms with van der Waals surface area (Å²) in [5.74, 6) is -7.32. The molecule has 3 saturated heterocycles. The van der Waals surface area contributed by atoms with E-state index in [1.807, 2.05) is 6.07 Å². The Kier molecular flexibility index (Phi) is 2.56. The van der Waals surface area contributed by atoms with E-state index in [1.165, 1.54) is 0 Å². The number of benzene rings is 1. The van der Waals surface area contributed by atoms with E-state index >= 15 is 0 Å². The third-order valence-corrected chi connectivity index (χ3v) is 7.97. The van der Waals surface area contributed by atoms with Gasteiger partial charge in [0, 0.05) is 16.8 Å². The molecule has 4 heterocycles. The maximum Gasteiger partial charge on any atom is 0.271 e. The van der Waals surface area contributed by atoms with Crippen molar-refractivity contribution in [2.45, 2.75) is 55.4 Å². The molecule has 4 aliphatic heterocycles. The van der Waals surface area contributed by atoms with Crippen LogP contribution in [0.3, 0.4) is 0 Å². The summed E-state index contributed by atoms with van der Waals surface area (Å²) >= 11 is 0. The van der Waals surface area contributed by atoms with E-state index in [4.69, 9.17) is 4.74 Å². The Hall–Kier alpha value is -2.33. The van der Waals surface area contributed by atoms with Gasteiger partial charge in [0.15, 0.2) is 11.4 Å². The smallest absolute Gasteiger partial charge is 0.271 e. The van der Waals surface area contributed by atoms with Gasteiger partial charge in [0.05, 0.1) is 5.92 Å². The molecule has 0 saturated carbocycles. The minimum absolute atomic E-state index is 0.432. The molecule has 9 nitrogen and oxygen atoms in total. The third-order valence-electron chi connectivity index (χ3n) is 7.97. The molecule has 0 aromatic heterocycles. The predicted molar refractivity (Wildman–Crippen MR) is 95.0 cm³/mol. The van der Waals surface area contributed by atoms with Crippen LogP contribution in [0.2, 0.25) is 0 Å². The van der Waals surface area contributed by atoms with Crippen LogP contribution in [-0.2, 0) is 31.1 Å². The van der Waals surface area contributed by atoms with Gasteiger partial charge in [-0.15, -0.1) is 0 Å². The predicted octanol–water partition coefficient (Wildman–Crippen LogP) is -1.02. The van der Waals surface area contributed by atoms with Crippen molar-refractivity contribution in [3.05, 3.63) is 29.3 Å². The van der Waals surface area contributed by atoms with Gasteiger partial charge in [-0.2, -0.15) is 0 Å². The van der Waals surface area contributed by atoms with E-state index in [-0.39, 0.29) is 0 Å². The summed E-state index contributed by atoms with van der Waals surface area (Å²) in [4.78, 5) is 40.0. The fraction of sp³-hybridized carbons (Fsp3) is 0.550. The first kappa shape index (κ1) is 17.5. The summed E-state index contributed by atoms with van der Waals surface area (Å²) < 4.78 is 5.91. The highest BCUT2D eigenvalue weighted by atomic mass is 16.7. The fourth-order valence-electron chi connectivity index (χ4n) is 6.83. The van der Waals surface area contributed by atoms with Gasteiger partial charge in [-0.05, 0) is 44.7 Å². The molecule has 1 aromatic carbocycles. The zero-order valence-corrected chi connectivity index (χ0v) is 16.0. The van der Waals surface area contributed by atoms with Gasteiger partial charge < -0.3 is 30.3 Å². The first-order valence-electron chi connectivity index (χ1n) is 9.57. The number of nitrogens with one attached hydrogen (secondary N) is 1. The summed E-state index contributed by atoms with van der Waals surface area (Å²) in [6, 6.07) is 5.32. The van der Waals surface area contributed by atoms with Crippen LogP contribution in [0.15, 0.2) is 18.2 Å². The normalized spacial score (nSPS) is 47.3. The van der Waals surface area contributed by atoms with Crippen LogP contribution < -0.4 is 5.32 Å². The van der Waals surface area contributed by atoms with Crippen LogP contribution in [-0.4, -0.2) is 60.5 Å². The summed E-state index contributed by atoms with van der Waals surface area (Å²) in [6.45, 7) is 4.35. The SMILES string of the molecule is CC(=O)[C@@]1(O)C(=O)N2C(C)(C)[C@@H]3Cc4cccc5c4[C@@]4(O[C@@]1(O)[C@@]2(O)[C@H]34)C(=O)N5. The van der Waals surface area contributed by atoms with Gasteiger partial charge in [-0.3, -0.25) is 14.4 Å². The zero-order valence-electron chi connectivity index (χ0n) is 16.0. The Balaban J connectivity index is 1.76. The first-order chi connectivity index (χ1) is 13.4. The maximum absolute atomic E-state index is 13.3. The number of ketones is 1. The van der Waals surface area contributed by atoms with Gasteiger partial charge in [-0.1, -0.05) is 12.1 Å². The van der Waals surface area contributed by atoms with Crippen LogP contribution >= 0.6 is 0 Å². The fourth-order valence-corrected chi connectivity index (χ4v) is 6.83. The molecule has 3 fully saturated rings. The first-order valence-corrected chi connectivity index (χ1v) is 9.57. The van der Waals surface area contributed by atoms with E-state index in [2.05, 4.69) is 5.32 Å². The van der Waals surface area contributed by atoms with Crippen LogP contribution in [0, 0.1) is 11.8 Å². The van der Waals surface area contributed by atoms with Crippen molar-refractivity contribution in [1.82, 2.24) is 4.90 Å². The van der Waals surface area contributed by atoms with E-state index in [1.54, 1.807) is 26.0 Å². The van der Waals surface area contributed by atoms with Gasteiger partial charge in [0.1, 0.15) is 0 Å². The molecule has 0 unspecified atom stereocenters. The zero-order chi connectivity index (χ0) is 20.9. The lowest BCUT2D eigenvalue weighted by Gasteiger charge is -2.42. The van der Waals surface area contributed by atoms with Gasteiger partial charge in [-0.25, -0.2) is 0 Å². The minimum Gasteiger partial charge on any atom is -0.369 e. The molecule has 5 aliphatic rings. The lowest BCUT2D eigenvalue weighted by Crippen LogP contribution is -2.66. The Morgan fingerprint density at radius 3 is 2.59 bits per heavy atom. The number of anilines is 1. The highest BCUT2D eigenvalue weighted by Crippen LogP contribution is 2.74. The van der Waals surface area contributed by atoms with Crippen molar-refractivity contribution in [2.24, 2.45) is 11.8 Å². The lowest BCUT2D eigenvalue weighted by molar-refractivity contribution is -0.327. The van der Waals surface area contributed by atoms with E-state index in [9.17, 15) is 29.7 Å². The second kappa shape index (κ2) is 4.24. The molecule has 29 heavy (non-hydrogen) atoms.